The SMILES string of the molecule is CN1CCN(CCCNC(=O)/C=C/c2ccccc2OC(F)F)CC1. The Hall–Kier alpha value is -1.99. The number of likely N-dealkylation sites (N-methyl/N-ethyl adjacent to an activating group) is 1. The lowest BCUT2D eigenvalue weighted by atomic mass is 10.2. The molecule has 2 rings (SSSR count). The van der Waals surface area contributed by atoms with Gasteiger partial charge in [0.2, 0.25) is 5.91 Å². The Kier molecular flexibility index (Phi) is 7.81. The zero-order chi connectivity index (χ0) is 18.1. The van der Waals surface area contributed by atoms with Gasteiger partial charge in [-0.25, -0.2) is 0 Å². The number of nitrogens with one attached hydrogen (secondary N) is 1. The van der Waals surface area contributed by atoms with Gasteiger partial charge in [-0.05, 0) is 32.2 Å². The van der Waals surface area contributed by atoms with Crippen molar-refractivity contribution in [2.45, 2.75) is 13.0 Å². The first-order valence-electron chi connectivity index (χ1n) is 8.45. The number of alkyl halides is 2. The number of carbonyl (C=O) groups is 1. The third kappa shape index (κ3) is 7.19. The average molecular weight is 353 g/mol. The van der Waals surface area contributed by atoms with E-state index >= 15 is 0 Å². The lowest BCUT2D eigenvalue weighted by molar-refractivity contribution is -0.116. The van der Waals surface area contributed by atoms with Gasteiger partial charge in [-0.2, -0.15) is 8.78 Å². The number of rotatable bonds is 8. The standard InChI is InChI=1S/C18H25F2N3O2/c1-22-11-13-23(14-12-22)10-4-9-21-17(24)8-7-15-5-2-3-6-16(15)25-18(19)20/h2-3,5-8,18H,4,9-14H2,1H3,(H,21,24)/b8-7+. The Bertz CT molecular complexity index is 573. The number of para-hydroxylation sites is 1. The third-order valence-electron chi connectivity index (χ3n) is 4.10. The van der Waals surface area contributed by atoms with E-state index in [-0.39, 0.29) is 11.7 Å². The highest BCUT2D eigenvalue weighted by Crippen LogP contribution is 2.21. The Morgan fingerprint density at radius 3 is 2.72 bits per heavy atom. The van der Waals surface area contributed by atoms with Crippen molar-refractivity contribution >= 4 is 12.0 Å². The highest BCUT2D eigenvalue weighted by molar-refractivity contribution is 5.92. The predicted molar refractivity (Wildman–Crippen MR) is 93.7 cm³/mol. The summed E-state index contributed by atoms with van der Waals surface area (Å²) < 4.78 is 29.1. The van der Waals surface area contributed by atoms with Crippen LogP contribution in [0.15, 0.2) is 30.3 Å². The van der Waals surface area contributed by atoms with Crippen LogP contribution in [-0.4, -0.2) is 68.6 Å². The topological polar surface area (TPSA) is 44.8 Å². The third-order valence-corrected chi connectivity index (χ3v) is 4.10. The molecule has 25 heavy (non-hydrogen) atoms. The largest absolute Gasteiger partial charge is 0.434 e. The zero-order valence-electron chi connectivity index (χ0n) is 14.5. The second-order valence-corrected chi connectivity index (χ2v) is 6.04. The van der Waals surface area contributed by atoms with Crippen LogP contribution in [0.25, 0.3) is 6.08 Å². The number of ether oxygens (including phenoxy) is 1. The van der Waals surface area contributed by atoms with Gasteiger partial charge in [0, 0.05) is 44.4 Å². The Morgan fingerprint density at radius 1 is 1.28 bits per heavy atom. The summed E-state index contributed by atoms with van der Waals surface area (Å²) in [6.45, 7) is 2.94. The molecule has 1 aromatic carbocycles. The molecule has 0 bridgehead atoms. The first-order chi connectivity index (χ1) is 12.0. The first-order valence-corrected chi connectivity index (χ1v) is 8.45. The fraction of sp³-hybridized carbons (Fsp3) is 0.500. The summed E-state index contributed by atoms with van der Waals surface area (Å²) in [5.74, 6) is -0.193. The second kappa shape index (κ2) is 10.1. The molecule has 5 nitrogen and oxygen atoms in total. The summed E-state index contributed by atoms with van der Waals surface area (Å²) in [6, 6.07) is 6.37. The first kappa shape index (κ1) is 19.3. The van der Waals surface area contributed by atoms with Crippen LogP contribution in [0.1, 0.15) is 12.0 Å². The van der Waals surface area contributed by atoms with Crippen LogP contribution in [-0.2, 0) is 4.79 Å². The van der Waals surface area contributed by atoms with Gasteiger partial charge in [0.25, 0.3) is 0 Å². The van der Waals surface area contributed by atoms with Crippen molar-refractivity contribution in [3.8, 4) is 5.75 Å². The molecule has 1 saturated heterocycles. The highest BCUT2D eigenvalue weighted by atomic mass is 19.3. The molecule has 1 N–H and O–H groups in total. The highest BCUT2D eigenvalue weighted by Gasteiger charge is 2.12. The molecule has 0 aliphatic carbocycles. The van der Waals surface area contributed by atoms with Gasteiger partial charge in [0.15, 0.2) is 0 Å². The van der Waals surface area contributed by atoms with Crippen molar-refractivity contribution in [3.63, 3.8) is 0 Å². The predicted octanol–water partition coefficient (Wildman–Crippen LogP) is 2.05. The van der Waals surface area contributed by atoms with Crippen LogP contribution in [0.2, 0.25) is 0 Å². The van der Waals surface area contributed by atoms with Crippen LogP contribution >= 0.6 is 0 Å². The lowest BCUT2D eigenvalue weighted by Gasteiger charge is -2.32. The molecule has 1 heterocycles. The van der Waals surface area contributed by atoms with Gasteiger partial charge in [-0.1, -0.05) is 18.2 Å². The smallest absolute Gasteiger partial charge is 0.387 e. The molecule has 1 amide bonds. The molecule has 0 saturated carbocycles. The maximum atomic E-state index is 12.3. The van der Waals surface area contributed by atoms with Crippen LogP contribution in [0, 0.1) is 0 Å². The number of benzene rings is 1. The number of carbonyl (C=O) groups excluding carboxylic acids is 1. The average Bonchev–Trinajstić information content (AvgIpc) is 2.59. The number of nitrogens with zero attached hydrogens (tertiary/aromatic N) is 2. The van der Waals surface area contributed by atoms with Crippen molar-refractivity contribution in [1.82, 2.24) is 15.1 Å². The van der Waals surface area contributed by atoms with E-state index in [9.17, 15) is 13.6 Å². The molecular formula is C18H25F2N3O2. The molecule has 1 fully saturated rings. The quantitative estimate of drug-likeness (QED) is 0.574. The number of piperazine rings is 1. The van der Waals surface area contributed by atoms with Crippen molar-refractivity contribution < 1.29 is 18.3 Å². The minimum atomic E-state index is -2.89. The van der Waals surface area contributed by atoms with E-state index in [1.54, 1.807) is 18.2 Å². The fourth-order valence-electron chi connectivity index (χ4n) is 2.63. The summed E-state index contributed by atoms with van der Waals surface area (Å²) in [5.41, 5.74) is 0.440. The maximum Gasteiger partial charge on any atom is 0.387 e. The van der Waals surface area contributed by atoms with Gasteiger partial charge >= 0.3 is 6.61 Å². The van der Waals surface area contributed by atoms with Crippen LogP contribution in [0.4, 0.5) is 8.78 Å². The number of halogens is 2. The summed E-state index contributed by atoms with van der Waals surface area (Å²) in [7, 11) is 2.12. The minimum Gasteiger partial charge on any atom is -0.434 e. The summed E-state index contributed by atoms with van der Waals surface area (Å²) in [6.07, 6.45) is 3.70. The summed E-state index contributed by atoms with van der Waals surface area (Å²) >= 11 is 0. The Balaban J connectivity index is 1.70. The van der Waals surface area contributed by atoms with E-state index in [2.05, 4.69) is 26.9 Å². The molecule has 1 aliphatic heterocycles. The van der Waals surface area contributed by atoms with Crippen molar-refractivity contribution in [3.05, 3.63) is 35.9 Å². The monoisotopic (exact) mass is 353 g/mol. The molecule has 0 unspecified atom stereocenters. The molecule has 0 spiro atoms. The minimum absolute atomic E-state index is 0.0524. The normalized spacial score (nSPS) is 16.5. The van der Waals surface area contributed by atoms with E-state index in [1.807, 2.05) is 0 Å². The molecule has 0 atom stereocenters. The van der Waals surface area contributed by atoms with Gasteiger partial charge in [-0.3, -0.25) is 4.79 Å². The van der Waals surface area contributed by atoms with Gasteiger partial charge in [0.05, 0.1) is 0 Å². The fourth-order valence-corrected chi connectivity index (χ4v) is 2.63. The second-order valence-electron chi connectivity index (χ2n) is 6.04. The molecule has 138 valence electrons. The van der Waals surface area contributed by atoms with E-state index in [0.717, 1.165) is 39.1 Å². The van der Waals surface area contributed by atoms with Gasteiger partial charge in [0.1, 0.15) is 5.75 Å². The number of hydrogen-bond acceptors (Lipinski definition) is 4. The lowest BCUT2D eigenvalue weighted by Crippen LogP contribution is -2.45. The zero-order valence-corrected chi connectivity index (χ0v) is 14.5. The molecular weight excluding hydrogens is 328 g/mol. The van der Waals surface area contributed by atoms with E-state index in [0.29, 0.717) is 12.1 Å². The number of hydrogen-bond donors (Lipinski definition) is 1. The molecule has 0 aromatic heterocycles. The van der Waals surface area contributed by atoms with Crippen LogP contribution in [0.3, 0.4) is 0 Å². The summed E-state index contributed by atoms with van der Waals surface area (Å²) in [4.78, 5) is 16.5. The van der Waals surface area contributed by atoms with Crippen LogP contribution < -0.4 is 10.1 Å². The van der Waals surface area contributed by atoms with Gasteiger partial charge in [-0.15, -0.1) is 0 Å². The van der Waals surface area contributed by atoms with E-state index in [4.69, 9.17) is 0 Å². The maximum absolute atomic E-state index is 12.3. The Labute approximate surface area is 147 Å². The molecule has 1 aromatic rings. The molecule has 1 aliphatic rings. The van der Waals surface area contributed by atoms with Crippen molar-refractivity contribution in [2.75, 3.05) is 46.3 Å². The Morgan fingerprint density at radius 2 is 2.00 bits per heavy atom. The summed E-state index contributed by atoms with van der Waals surface area (Å²) in [5, 5.41) is 2.81. The van der Waals surface area contributed by atoms with Gasteiger partial charge < -0.3 is 19.9 Å². The molecule has 7 heteroatoms. The van der Waals surface area contributed by atoms with E-state index < -0.39 is 6.61 Å². The van der Waals surface area contributed by atoms with E-state index in [1.165, 1.54) is 18.2 Å². The number of amides is 1. The van der Waals surface area contributed by atoms with Crippen molar-refractivity contribution in [1.29, 1.82) is 0 Å². The van der Waals surface area contributed by atoms with Crippen molar-refractivity contribution in [2.24, 2.45) is 0 Å². The van der Waals surface area contributed by atoms with Crippen LogP contribution in [0.5, 0.6) is 5.75 Å². The molecule has 0 radical (unpaired) electrons.